The summed E-state index contributed by atoms with van der Waals surface area (Å²) in [4.78, 5) is 16.2. The van der Waals surface area contributed by atoms with E-state index in [-0.39, 0.29) is 0 Å². The fraction of sp³-hybridized carbons (Fsp3) is 0.0769. The van der Waals surface area contributed by atoms with E-state index in [0.29, 0.717) is 16.9 Å². The number of aliphatic hydroxyl groups is 1. The van der Waals surface area contributed by atoms with Gasteiger partial charge in [0.15, 0.2) is 5.78 Å². The molecular formula is C13H10N2O2. The predicted molar refractivity (Wildman–Crippen MR) is 65.5 cm³/mol. The van der Waals surface area contributed by atoms with Crippen LogP contribution >= 0.6 is 0 Å². The summed E-state index contributed by atoms with van der Waals surface area (Å²) in [6.07, 6.45) is 1.93. The zero-order valence-electron chi connectivity index (χ0n) is 8.92. The summed E-state index contributed by atoms with van der Waals surface area (Å²) < 4.78 is 0. The number of benzene rings is 1. The minimum absolute atomic E-state index is 0.318. The number of carbonyl (C=O) groups excluding carboxylic acids is 1. The number of fused-ring (bicyclic) bond motifs is 2. The number of anilines is 1. The average Bonchev–Trinajstić information content (AvgIpc) is 2.34. The highest BCUT2D eigenvalue weighted by Crippen LogP contribution is 2.29. The van der Waals surface area contributed by atoms with Crippen LogP contribution in [0.3, 0.4) is 0 Å². The van der Waals surface area contributed by atoms with Gasteiger partial charge in [0.2, 0.25) is 0 Å². The molecule has 1 aliphatic rings. The maximum atomic E-state index is 11.9. The Balaban J connectivity index is 2.42. The number of carbonyl (C=O) groups is 1. The van der Waals surface area contributed by atoms with Crippen LogP contribution in [0.25, 0.3) is 17.0 Å². The molecule has 0 amide bonds. The molecule has 2 aromatic rings. The molecule has 0 saturated carbocycles. The van der Waals surface area contributed by atoms with Crippen LogP contribution in [-0.4, -0.2) is 22.0 Å². The summed E-state index contributed by atoms with van der Waals surface area (Å²) in [5, 5.41) is 10.2. The number of nitrogen functional groups attached to an aromatic ring is 1. The summed E-state index contributed by atoms with van der Waals surface area (Å²) in [5.41, 5.74) is 7.97. The average molecular weight is 226 g/mol. The zero-order chi connectivity index (χ0) is 12.0. The lowest BCUT2D eigenvalue weighted by atomic mass is 9.95. The molecule has 3 N–H and O–H groups in total. The van der Waals surface area contributed by atoms with Crippen molar-refractivity contribution in [3.63, 3.8) is 0 Å². The highest BCUT2D eigenvalue weighted by molar-refractivity contribution is 6.13. The Kier molecular flexibility index (Phi) is 2.00. The van der Waals surface area contributed by atoms with Gasteiger partial charge < -0.3 is 10.8 Å². The van der Waals surface area contributed by atoms with Gasteiger partial charge in [-0.05, 0) is 18.2 Å². The molecule has 0 spiro atoms. The fourth-order valence-electron chi connectivity index (χ4n) is 2.05. The van der Waals surface area contributed by atoms with Crippen molar-refractivity contribution in [1.82, 2.24) is 4.98 Å². The first-order chi connectivity index (χ1) is 8.18. The van der Waals surface area contributed by atoms with E-state index in [1.807, 2.05) is 24.3 Å². The normalized spacial score (nSPS) is 18.4. The molecule has 1 heterocycles. The monoisotopic (exact) mass is 226 g/mol. The largest absolute Gasteiger partial charge is 0.398 e. The van der Waals surface area contributed by atoms with Crippen molar-refractivity contribution >= 4 is 28.4 Å². The molecule has 1 atom stereocenters. The Bertz CT molecular complexity index is 662. The van der Waals surface area contributed by atoms with Gasteiger partial charge in [0, 0.05) is 5.39 Å². The Morgan fingerprint density at radius 3 is 2.88 bits per heavy atom. The Morgan fingerprint density at radius 1 is 1.29 bits per heavy atom. The molecule has 0 bridgehead atoms. The van der Waals surface area contributed by atoms with Gasteiger partial charge in [-0.1, -0.05) is 18.2 Å². The number of pyridine rings is 1. The van der Waals surface area contributed by atoms with Gasteiger partial charge in [-0.3, -0.25) is 4.79 Å². The van der Waals surface area contributed by atoms with Crippen molar-refractivity contribution in [3.05, 3.63) is 41.6 Å². The smallest absolute Gasteiger partial charge is 0.199 e. The molecule has 1 aromatic heterocycles. The second kappa shape index (κ2) is 3.40. The van der Waals surface area contributed by atoms with E-state index >= 15 is 0 Å². The van der Waals surface area contributed by atoms with E-state index in [1.165, 1.54) is 6.08 Å². The molecule has 4 heteroatoms. The first-order valence-electron chi connectivity index (χ1n) is 5.27. The third-order valence-corrected chi connectivity index (χ3v) is 2.91. The lowest BCUT2D eigenvalue weighted by Gasteiger charge is -2.16. The predicted octanol–water partition coefficient (Wildman–Crippen LogP) is 1.39. The van der Waals surface area contributed by atoms with Crippen LogP contribution in [0.4, 0.5) is 5.69 Å². The molecule has 4 nitrogen and oxygen atoms in total. The second-order valence-corrected chi connectivity index (χ2v) is 3.97. The third-order valence-electron chi connectivity index (χ3n) is 2.91. The van der Waals surface area contributed by atoms with Crippen LogP contribution in [0.5, 0.6) is 0 Å². The maximum absolute atomic E-state index is 11.9. The fourth-order valence-corrected chi connectivity index (χ4v) is 2.05. The number of nitrogens with two attached hydrogens (primary N) is 1. The van der Waals surface area contributed by atoms with Crippen molar-refractivity contribution in [2.75, 3.05) is 5.73 Å². The number of hydrogen-bond acceptors (Lipinski definition) is 4. The van der Waals surface area contributed by atoms with Gasteiger partial charge in [0.05, 0.1) is 22.5 Å². The van der Waals surface area contributed by atoms with Crippen molar-refractivity contribution in [2.45, 2.75) is 6.10 Å². The number of aliphatic hydroxyl groups excluding tert-OH is 1. The minimum atomic E-state index is -1.12. The van der Waals surface area contributed by atoms with Crippen LogP contribution in [0.1, 0.15) is 16.1 Å². The molecule has 1 aromatic carbocycles. The molecule has 0 radical (unpaired) electrons. The zero-order valence-corrected chi connectivity index (χ0v) is 8.92. The first kappa shape index (κ1) is 9.99. The first-order valence-corrected chi connectivity index (χ1v) is 5.27. The Hall–Kier alpha value is -2.20. The Labute approximate surface area is 97.4 Å². The lowest BCUT2D eigenvalue weighted by molar-refractivity contribution is 0.0819. The second-order valence-electron chi connectivity index (χ2n) is 3.97. The summed E-state index contributed by atoms with van der Waals surface area (Å²) in [6.45, 7) is 0. The molecule has 3 rings (SSSR count). The Morgan fingerprint density at radius 2 is 2.06 bits per heavy atom. The molecule has 17 heavy (non-hydrogen) atoms. The number of para-hydroxylation sites is 1. The summed E-state index contributed by atoms with van der Waals surface area (Å²) in [6, 6.07) is 7.36. The van der Waals surface area contributed by atoms with Crippen molar-refractivity contribution in [1.29, 1.82) is 0 Å². The van der Waals surface area contributed by atoms with Crippen molar-refractivity contribution in [2.24, 2.45) is 0 Å². The summed E-state index contributed by atoms with van der Waals surface area (Å²) in [5.74, 6) is -0.391. The maximum Gasteiger partial charge on any atom is 0.199 e. The quantitative estimate of drug-likeness (QED) is 0.711. The van der Waals surface area contributed by atoms with Gasteiger partial charge in [0.25, 0.3) is 0 Å². The van der Waals surface area contributed by atoms with Gasteiger partial charge in [-0.15, -0.1) is 0 Å². The molecular weight excluding hydrogens is 216 g/mol. The molecule has 1 unspecified atom stereocenters. The number of ketones is 1. The number of aromatic nitrogens is 1. The molecule has 0 fully saturated rings. The van der Waals surface area contributed by atoms with Crippen LogP contribution in [0.15, 0.2) is 30.3 Å². The highest BCUT2D eigenvalue weighted by atomic mass is 16.3. The number of nitrogens with zero attached hydrogens (tertiary/aromatic N) is 1. The minimum Gasteiger partial charge on any atom is -0.398 e. The van der Waals surface area contributed by atoms with E-state index in [4.69, 9.17) is 5.73 Å². The van der Waals surface area contributed by atoms with E-state index in [0.717, 1.165) is 10.9 Å². The van der Waals surface area contributed by atoms with Crippen molar-refractivity contribution < 1.29 is 9.90 Å². The van der Waals surface area contributed by atoms with Gasteiger partial charge in [-0.25, -0.2) is 4.98 Å². The number of Topliss-reactive ketones (excluding diaryl/α,β-unsaturated/α-hetero) is 1. The van der Waals surface area contributed by atoms with Crippen molar-refractivity contribution in [3.8, 4) is 0 Å². The highest BCUT2D eigenvalue weighted by Gasteiger charge is 2.25. The molecule has 0 saturated heterocycles. The van der Waals surface area contributed by atoms with E-state index in [9.17, 15) is 9.90 Å². The van der Waals surface area contributed by atoms with Crippen LogP contribution < -0.4 is 5.73 Å². The molecule has 84 valence electrons. The standard InChI is InChI=1S/C13H10N2O2/c14-12-7-3-1-2-4-8(7)15-9-5-6-10(16)13(17)11(9)12/h1-6,10,16H,(H2,14,15). The number of rotatable bonds is 0. The van der Waals surface area contributed by atoms with Crippen LogP contribution in [0, 0.1) is 0 Å². The van der Waals surface area contributed by atoms with E-state index in [1.54, 1.807) is 6.08 Å². The van der Waals surface area contributed by atoms with Gasteiger partial charge >= 0.3 is 0 Å². The lowest BCUT2D eigenvalue weighted by Crippen LogP contribution is -2.24. The van der Waals surface area contributed by atoms with Gasteiger partial charge in [0.1, 0.15) is 6.10 Å². The topological polar surface area (TPSA) is 76.2 Å². The van der Waals surface area contributed by atoms with Gasteiger partial charge in [-0.2, -0.15) is 0 Å². The molecule has 0 aliphatic heterocycles. The van der Waals surface area contributed by atoms with E-state index < -0.39 is 11.9 Å². The van der Waals surface area contributed by atoms with E-state index in [2.05, 4.69) is 4.98 Å². The van der Waals surface area contributed by atoms with Crippen LogP contribution in [0.2, 0.25) is 0 Å². The van der Waals surface area contributed by atoms with Crippen LogP contribution in [-0.2, 0) is 0 Å². The summed E-state index contributed by atoms with van der Waals surface area (Å²) in [7, 11) is 0. The molecule has 1 aliphatic carbocycles. The number of hydrogen-bond donors (Lipinski definition) is 2. The SMILES string of the molecule is Nc1c2c(nc3ccccc13)C=CC(O)C2=O. The summed E-state index contributed by atoms with van der Waals surface area (Å²) >= 11 is 0. The third kappa shape index (κ3) is 1.34.